The van der Waals surface area contributed by atoms with Crippen LogP contribution in [0.4, 0.5) is 11.4 Å². The quantitative estimate of drug-likeness (QED) is 0.720. The summed E-state index contributed by atoms with van der Waals surface area (Å²) < 4.78 is 0. The van der Waals surface area contributed by atoms with Gasteiger partial charge < -0.3 is 16.0 Å². The Balaban J connectivity index is 1.98. The van der Waals surface area contributed by atoms with Crippen molar-refractivity contribution in [2.24, 2.45) is 5.92 Å². The minimum atomic E-state index is -0.0685. The van der Waals surface area contributed by atoms with E-state index in [1.165, 1.54) is 0 Å². The van der Waals surface area contributed by atoms with Crippen molar-refractivity contribution in [1.82, 2.24) is 5.32 Å². The monoisotopic (exact) mass is 339 g/mol. The highest BCUT2D eigenvalue weighted by atomic mass is 35.5. The molecule has 0 aromatic heterocycles. The van der Waals surface area contributed by atoms with Crippen molar-refractivity contribution >= 4 is 52.1 Å². The van der Waals surface area contributed by atoms with Crippen LogP contribution in [0.5, 0.6) is 0 Å². The van der Waals surface area contributed by atoms with Gasteiger partial charge in [0.05, 0.1) is 10.7 Å². The number of halogens is 1. The number of thiocarbonyl (C=S) groups is 1. The maximum absolute atomic E-state index is 11.6. The second-order valence-electron chi connectivity index (χ2n) is 5.21. The zero-order valence-electron chi connectivity index (χ0n) is 12.2. The molecule has 0 saturated heterocycles. The van der Waals surface area contributed by atoms with Gasteiger partial charge in [0.15, 0.2) is 5.11 Å². The van der Waals surface area contributed by atoms with Crippen LogP contribution in [-0.2, 0) is 9.59 Å². The second-order valence-corrected chi connectivity index (χ2v) is 6.03. The number of nitrogens with one attached hydrogen (secondary N) is 3. The summed E-state index contributed by atoms with van der Waals surface area (Å²) in [6.45, 7) is 1.94. The van der Waals surface area contributed by atoms with Crippen molar-refractivity contribution in [3.63, 3.8) is 0 Å². The van der Waals surface area contributed by atoms with Crippen molar-refractivity contribution in [2.45, 2.75) is 32.6 Å². The number of anilines is 2. The predicted molar refractivity (Wildman–Crippen MR) is 92.1 cm³/mol. The average Bonchev–Trinajstić information content (AvgIpc) is 3.27. The van der Waals surface area contributed by atoms with Crippen LogP contribution < -0.4 is 16.0 Å². The third kappa shape index (κ3) is 4.96. The van der Waals surface area contributed by atoms with Gasteiger partial charge in [-0.2, -0.15) is 0 Å². The highest BCUT2D eigenvalue weighted by Gasteiger charge is 2.30. The standard InChI is InChI=1S/C15H18ClN3O2S/c1-2-3-13(20)17-10-6-7-11(16)12(8-10)18-15(22)19-14(21)9-4-5-9/h6-9H,2-5H2,1H3,(H,17,20)(H2,18,19,21,22). The smallest absolute Gasteiger partial charge is 0.229 e. The summed E-state index contributed by atoms with van der Waals surface area (Å²) in [7, 11) is 0. The number of benzene rings is 1. The first kappa shape index (κ1) is 16.7. The van der Waals surface area contributed by atoms with Crippen molar-refractivity contribution in [2.75, 3.05) is 10.6 Å². The van der Waals surface area contributed by atoms with E-state index in [-0.39, 0.29) is 22.8 Å². The molecule has 0 heterocycles. The van der Waals surface area contributed by atoms with Crippen LogP contribution in [0.2, 0.25) is 5.02 Å². The van der Waals surface area contributed by atoms with Gasteiger partial charge in [-0.1, -0.05) is 18.5 Å². The summed E-state index contributed by atoms with van der Waals surface area (Å²) in [6.07, 6.45) is 3.06. The normalized spacial score (nSPS) is 13.4. The van der Waals surface area contributed by atoms with Crippen LogP contribution in [0.25, 0.3) is 0 Å². The molecule has 2 amide bonds. The fourth-order valence-corrected chi connectivity index (χ4v) is 2.24. The van der Waals surface area contributed by atoms with E-state index in [9.17, 15) is 9.59 Å². The summed E-state index contributed by atoms with van der Waals surface area (Å²) in [5, 5.41) is 8.96. The molecule has 0 bridgehead atoms. The molecular weight excluding hydrogens is 322 g/mol. The third-order valence-electron chi connectivity index (χ3n) is 3.16. The highest BCUT2D eigenvalue weighted by molar-refractivity contribution is 7.80. The predicted octanol–water partition coefficient (Wildman–Crippen LogP) is 3.30. The number of carbonyl (C=O) groups excluding carboxylic acids is 2. The highest BCUT2D eigenvalue weighted by Crippen LogP contribution is 2.29. The van der Waals surface area contributed by atoms with E-state index in [1.807, 2.05) is 6.92 Å². The lowest BCUT2D eigenvalue weighted by Gasteiger charge is -2.12. The Morgan fingerprint density at radius 2 is 2.05 bits per heavy atom. The maximum atomic E-state index is 11.6. The van der Waals surface area contributed by atoms with Crippen molar-refractivity contribution < 1.29 is 9.59 Å². The molecule has 2 rings (SSSR count). The largest absolute Gasteiger partial charge is 0.331 e. The van der Waals surface area contributed by atoms with Crippen molar-refractivity contribution in [3.8, 4) is 0 Å². The molecular formula is C15H18ClN3O2S. The molecule has 0 aliphatic heterocycles. The van der Waals surface area contributed by atoms with Crippen molar-refractivity contribution in [1.29, 1.82) is 0 Å². The first-order valence-corrected chi connectivity index (χ1v) is 7.99. The molecule has 1 aliphatic carbocycles. The first-order chi connectivity index (χ1) is 10.5. The molecule has 0 atom stereocenters. The number of hydrogen-bond acceptors (Lipinski definition) is 3. The third-order valence-corrected chi connectivity index (χ3v) is 3.69. The Kier molecular flexibility index (Phi) is 5.74. The van der Waals surface area contributed by atoms with Crippen LogP contribution in [0.3, 0.4) is 0 Å². The van der Waals surface area contributed by atoms with Gasteiger partial charge in [0.2, 0.25) is 11.8 Å². The van der Waals surface area contributed by atoms with Crippen LogP contribution in [-0.4, -0.2) is 16.9 Å². The molecule has 0 radical (unpaired) electrons. The van der Waals surface area contributed by atoms with Crippen LogP contribution in [0.1, 0.15) is 32.6 Å². The van der Waals surface area contributed by atoms with Gasteiger partial charge in [-0.15, -0.1) is 0 Å². The summed E-state index contributed by atoms with van der Waals surface area (Å²) >= 11 is 11.2. The van der Waals surface area contributed by atoms with Crippen LogP contribution in [0.15, 0.2) is 18.2 Å². The van der Waals surface area contributed by atoms with E-state index in [0.29, 0.717) is 22.8 Å². The SMILES string of the molecule is CCCC(=O)Nc1ccc(Cl)c(NC(=S)NC(=O)C2CC2)c1. The van der Waals surface area contributed by atoms with Crippen LogP contribution in [0, 0.1) is 5.92 Å². The maximum Gasteiger partial charge on any atom is 0.229 e. The lowest BCUT2D eigenvalue weighted by molar-refractivity contribution is -0.120. The Morgan fingerprint density at radius 1 is 1.32 bits per heavy atom. The molecule has 0 unspecified atom stereocenters. The van der Waals surface area contributed by atoms with E-state index in [4.69, 9.17) is 23.8 Å². The molecule has 22 heavy (non-hydrogen) atoms. The average molecular weight is 340 g/mol. The van der Waals surface area contributed by atoms with E-state index in [1.54, 1.807) is 18.2 Å². The Labute approximate surface area is 139 Å². The minimum absolute atomic E-state index is 0.0552. The second kappa shape index (κ2) is 7.56. The molecule has 7 heteroatoms. The lowest BCUT2D eigenvalue weighted by atomic mass is 10.2. The number of rotatable bonds is 5. The van der Waals surface area contributed by atoms with Gasteiger partial charge in [-0.3, -0.25) is 9.59 Å². The van der Waals surface area contributed by atoms with Gasteiger partial charge in [0, 0.05) is 18.0 Å². The fraction of sp³-hybridized carbons (Fsp3) is 0.400. The molecule has 3 N–H and O–H groups in total. The molecule has 118 valence electrons. The molecule has 1 aliphatic rings. The van der Waals surface area contributed by atoms with E-state index in [2.05, 4.69) is 16.0 Å². The molecule has 0 spiro atoms. The Bertz CT molecular complexity index is 602. The minimum Gasteiger partial charge on any atom is -0.331 e. The fourth-order valence-electron chi connectivity index (χ4n) is 1.86. The van der Waals surface area contributed by atoms with E-state index >= 15 is 0 Å². The van der Waals surface area contributed by atoms with Gasteiger partial charge >= 0.3 is 0 Å². The molecule has 1 saturated carbocycles. The molecule has 1 aromatic carbocycles. The van der Waals surface area contributed by atoms with E-state index in [0.717, 1.165) is 19.3 Å². The number of carbonyl (C=O) groups is 2. The first-order valence-electron chi connectivity index (χ1n) is 7.21. The molecule has 1 aromatic rings. The topological polar surface area (TPSA) is 70.2 Å². The number of hydrogen-bond donors (Lipinski definition) is 3. The van der Waals surface area contributed by atoms with E-state index < -0.39 is 0 Å². The Hall–Kier alpha value is -1.66. The molecule has 1 fully saturated rings. The molecule has 5 nitrogen and oxygen atoms in total. The lowest BCUT2D eigenvalue weighted by Crippen LogP contribution is -2.35. The summed E-state index contributed by atoms with van der Waals surface area (Å²) in [5.74, 6) is -0.0451. The summed E-state index contributed by atoms with van der Waals surface area (Å²) in [6, 6.07) is 5.06. The zero-order valence-corrected chi connectivity index (χ0v) is 13.8. The number of amides is 2. The summed E-state index contributed by atoms with van der Waals surface area (Å²) in [5.41, 5.74) is 1.17. The van der Waals surface area contributed by atoms with Crippen molar-refractivity contribution in [3.05, 3.63) is 23.2 Å². The summed E-state index contributed by atoms with van der Waals surface area (Å²) in [4.78, 5) is 23.3. The Morgan fingerprint density at radius 3 is 2.68 bits per heavy atom. The zero-order chi connectivity index (χ0) is 16.1. The van der Waals surface area contributed by atoms with Gasteiger partial charge in [-0.05, 0) is 49.7 Å². The van der Waals surface area contributed by atoms with Gasteiger partial charge in [-0.25, -0.2) is 0 Å². The van der Waals surface area contributed by atoms with Gasteiger partial charge in [0.25, 0.3) is 0 Å². The van der Waals surface area contributed by atoms with Gasteiger partial charge in [0.1, 0.15) is 0 Å². The van der Waals surface area contributed by atoms with Crippen LogP contribution >= 0.6 is 23.8 Å².